The van der Waals surface area contributed by atoms with Crippen LogP contribution in [0.5, 0.6) is 5.75 Å². The lowest BCUT2D eigenvalue weighted by atomic mass is 9.72. The highest BCUT2D eigenvalue weighted by molar-refractivity contribution is 7.38. The lowest BCUT2D eigenvalue weighted by molar-refractivity contribution is -0.192. The molecule has 3 aromatic rings. The quantitative estimate of drug-likeness (QED) is 0.197. The number of hydrogen-bond donors (Lipinski definition) is 1. The summed E-state index contributed by atoms with van der Waals surface area (Å²) >= 11 is 0. The number of urea groups is 1. The Kier molecular flexibility index (Phi) is 9.49. The van der Waals surface area contributed by atoms with E-state index in [-0.39, 0.29) is 18.0 Å². The zero-order valence-electron chi connectivity index (χ0n) is 23.6. The molecular formula is C32H39N2O5P. The number of hydrogen-bond acceptors (Lipinski definition) is 4. The molecule has 2 unspecified atom stereocenters. The molecule has 1 aliphatic heterocycles. The van der Waals surface area contributed by atoms with E-state index in [9.17, 15) is 19.0 Å². The van der Waals surface area contributed by atoms with E-state index in [2.05, 4.69) is 0 Å². The maximum absolute atomic E-state index is 13.9. The molecule has 0 aliphatic carbocycles. The molecule has 1 fully saturated rings. The average molecular weight is 563 g/mol. The fourth-order valence-electron chi connectivity index (χ4n) is 5.62. The summed E-state index contributed by atoms with van der Waals surface area (Å²) in [4.78, 5) is 40.6. The second-order valence-corrected chi connectivity index (χ2v) is 11.6. The molecule has 0 saturated carbocycles. The van der Waals surface area contributed by atoms with Crippen LogP contribution in [0, 0.1) is 5.41 Å². The van der Waals surface area contributed by atoms with Crippen molar-refractivity contribution in [3.63, 3.8) is 0 Å². The summed E-state index contributed by atoms with van der Waals surface area (Å²) in [6, 6.07) is 25.5. The van der Waals surface area contributed by atoms with Gasteiger partial charge in [-0.1, -0.05) is 93.6 Å². The van der Waals surface area contributed by atoms with E-state index in [1.165, 1.54) is 4.90 Å². The van der Waals surface area contributed by atoms with Crippen molar-refractivity contribution >= 4 is 20.0 Å². The summed E-state index contributed by atoms with van der Waals surface area (Å²) < 4.78 is 18.7. The highest BCUT2D eigenvalue weighted by atomic mass is 31.1. The van der Waals surface area contributed by atoms with Gasteiger partial charge in [0.15, 0.2) is 6.23 Å². The predicted octanol–water partition coefficient (Wildman–Crippen LogP) is 7.19. The number of carbonyl (C=O) groups excluding carboxylic acids is 2. The second kappa shape index (κ2) is 12.8. The monoisotopic (exact) mass is 562 g/mol. The van der Waals surface area contributed by atoms with Crippen LogP contribution in [0.25, 0.3) is 0 Å². The van der Waals surface area contributed by atoms with Crippen LogP contribution in [-0.4, -0.2) is 39.4 Å². The SMILES string of the molecule is CCCN(C(=O)N1C(=O)C(CC)(CC)[C@@H]1Oc1ccc(C(c2ccccc2)[PH](=O)O)cc1)[C@H](C)c1ccccc1. The van der Waals surface area contributed by atoms with Crippen molar-refractivity contribution in [1.29, 1.82) is 0 Å². The first kappa shape index (κ1) is 29.6. The largest absolute Gasteiger partial charge is 0.469 e. The van der Waals surface area contributed by atoms with Gasteiger partial charge in [-0.05, 0) is 55.0 Å². The normalized spacial score (nSPS) is 18.4. The van der Waals surface area contributed by atoms with Crippen LogP contribution in [0.2, 0.25) is 0 Å². The van der Waals surface area contributed by atoms with E-state index >= 15 is 0 Å². The minimum Gasteiger partial charge on any atom is -0.469 e. The van der Waals surface area contributed by atoms with E-state index in [0.29, 0.717) is 30.7 Å². The highest BCUT2D eigenvalue weighted by Crippen LogP contribution is 2.48. The molecule has 0 spiro atoms. The van der Waals surface area contributed by atoms with Gasteiger partial charge >= 0.3 is 6.03 Å². The first-order valence-corrected chi connectivity index (χ1v) is 15.5. The van der Waals surface area contributed by atoms with Crippen molar-refractivity contribution < 1.29 is 23.8 Å². The molecule has 4 rings (SSSR count). The van der Waals surface area contributed by atoms with Gasteiger partial charge < -0.3 is 14.5 Å². The van der Waals surface area contributed by atoms with Gasteiger partial charge in [0.05, 0.1) is 11.7 Å². The van der Waals surface area contributed by atoms with Crippen molar-refractivity contribution in [2.75, 3.05) is 6.54 Å². The van der Waals surface area contributed by atoms with Crippen LogP contribution in [0.15, 0.2) is 84.9 Å². The number of rotatable bonds is 11. The minimum atomic E-state index is -2.90. The molecule has 212 valence electrons. The molecule has 7 nitrogen and oxygen atoms in total. The maximum atomic E-state index is 13.9. The van der Waals surface area contributed by atoms with Gasteiger partial charge in [-0.15, -0.1) is 0 Å². The number of β-lactam (4-membered cyclic amide) rings is 1. The number of imide groups is 1. The summed E-state index contributed by atoms with van der Waals surface area (Å²) in [6.45, 7) is 8.39. The zero-order chi connectivity index (χ0) is 28.9. The van der Waals surface area contributed by atoms with Gasteiger partial charge in [0.25, 0.3) is 0 Å². The third-order valence-electron chi connectivity index (χ3n) is 8.12. The highest BCUT2D eigenvalue weighted by Gasteiger charge is 2.63. The molecule has 4 atom stereocenters. The van der Waals surface area contributed by atoms with Crippen LogP contribution >= 0.6 is 8.03 Å². The Balaban J connectivity index is 1.61. The van der Waals surface area contributed by atoms with E-state index in [4.69, 9.17) is 4.74 Å². The predicted molar refractivity (Wildman–Crippen MR) is 157 cm³/mol. The van der Waals surface area contributed by atoms with Crippen molar-refractivity contribution in [3.05, 3.63) is 102 Å². The fourth-order valence-corrected chi connectivity index (χ4v) is 6.58. The molecule has 1 N–H and O–H groups in total. The molecule has 8 heteroatoms. The first-order chi connectivity index (χ1) is 19.3. The number of likely N-dealkylation sites (tertiary alicyclic amines) is 1. The van der Waals surface area contributed by atoms with Crippen molar-refractivity contribution in [2.24, 2.45) is 5.41 Å². The molecule has 1 heterocycles. The van der Waals surface area contributed by atoms with Crippen LogP contribution in [0.1, 0.15) is 75.3 Å². The number of amides is 3. The molecule has 0 bridgehead atoms. The Morgan fingerprint density at radius 2 is 1.45 bits per heavy atom. The van der Waals surface area contributed by atoms with Crippen molar-refractivity contribution in [1.82, 2.24) is 9.80 Å². The Morgan fingerprint density at radius 1 is 0.925 bits per heavy atom. The van der Waals surface area contributed by atoms with Gasteiger partial charge in [-0.25, -0.2) is 9.69 Å². The lowest BCUT2D eigenvalue weighted by Gasteiger charge is -2.54. The first-order valence-electron chi connectivity index (χ1n) is 14.0. The number of benzene rings is 3. The van der Waals surface area contributed by atoms with Crippen LogP contribution in [0.4, 0.5) is 4.79 Å². The van der Waals surface area contributed by atoms with Crippen LogP contribution in [-0.2, 0) is 9.36 Å². The third kappa shape index (κ3) is 5.59. The van der Waals surface area contributed by atoms with Crippen molar-refractivity contribution in [2.45, 2.75) is 64.9 Å². The van der Waals surface area contributed by atoms with Gasteiger partial charge in [0.2, 0.25) is 13.9 Å². The molecule has 1 saturated heterocycles. The third-order valence-corrected chi connectivity index (χ3v) is 9.28. The van der Waals surface area contributed by atoms with Gasteiger partial charge in [-0.3, -0.25) is 9.36 Å². The van der Waals surface area contributed by atoms with Crippen LogP contribution < -0.4 is 4.74 Å². The molecular weight excluding hydrogens is 523 g/mol. The molecule has 40 heavy (non-hydrogen) atoms. The van der Waals surface area contributed by atoms with E-state index in [1.807, 2.05) is 88.4 Å². The Bertz CT molecular complexity index is 1310. The molecule has 0 aromatic heterocycles. The summed E-state index contributed by atoms with van der Waals surface area (Å²) in [6.07, 6.45) is 1.08. The number of ether oxygens (including phenoxy) is 1. The fraction of sp³-hybridized carbons (Fsp3) is 0.375. The Hall–Kier alpha value is -3.41. The number of carbonyl (C=O) groups is 2. The van der Waals surface area contributed by atoms with Crippen molar-refractivity contribution in [3.8, 4) is 5.75 Å². The van der Waals surface area contributed by atoms with Gasteiger partial charge in [0, 0.05) is 6.54 Å². The van der Waals surface area contributed by atoms with E-state index in [0.717, 1.165) is 17.5 Å². The molecule has 1 aliphatic rings. The van der Waals surface area contributed by atoms with E-state index in [1.54, 1.807) is 29.2 Å². The second-order valence-electron chi connectivity index (χ2n) is 10.3. The topological polar surface area (TPSA) is 87.2 Å². The minimum absolute atomic E-state index is 0.212. The van der Waals surface area contributed by atoms with Crippen LogP contribution in [0.3, 0.4) is 0 Å². The summed E-state index contributed by atoms with van der Waals surface area (Å²) in [5, 5.41) is 0. The molecule has 3 aromatic carbocycles. The average Bonchev–Trinajstić information content (AvgIpc) is 2.98. The Morgan fingerprint density at radius 3 is 1.95 bits per heavy atom. The lowest BCUT2D eigenvalue weighted by Crippen LogP contribution is -2.74. The summed E-state index contributed by atoms with van der Waals surface area (Å²) in [5.74, 6) is 0.279. The zero-order valence-corrected chi connectivity index (χ0v) is 24.6. The van der Waals surface area contributed by atoms with Gasteiger partial charge in [-0.2, -0.15) is 0 Å². The Labute approximate surface area is 237 Å². The smallest absolute Gasteiger partial charge is 0.330 e. The standard InChI is InChI=1S/C32H39N2O5P/c1-5-22-33(23(4)24-14-10-8-11-15-24)31(36)34-29(35)32(6-2,7-3)30(34)39-27-20-18-26(19-21-27)28(40(37)38)25-16-12-9-13-17-25/h8-21,23,28,30,40H,5-7,22H2,1-4H3,(H,37,38)/t23-,28?,30+/m1/s1. The maximum Gasteiger partial charge on any atom is 0.330 e. The molecule has 3 amide bonds. The molecule has 0 radical (unpaired) electrons. The van der Waals surface area contributed by atoms with Gasteiger partial charge in [0.1, 0.15) is 11.2 Å². The summed E-state index contributed by atoms with van der Waals surface area (Å²) in [5.41, 5.74) is 1.04. The number of nitrogens with zero attached hydrogens (tertiary/aromatic N) is 2. The van der Waals surface area contributed by atoms with E-state index < -0.39 is 25.3 Å². The summed E-state index contributed by atoms with van der Waals surface area (Å²) in [7, 11) is -2.90.